The van der Waals surface area contributed by atoms with Crippen LogP contribution in [0.15, 0.2) is 59.6 Å². The molecular weight excluding hydrogens is 1030 g/mol. The Kier molecular flexibility index (Phi) is 24.1. The second kappa shape index (κ2) is 30.3. The van der Waals surface area contributed by atoms with E-state index in [9.17, 15) is 77.6 Å². The van der Waals surface area contributed by atoms with Gasteiger partial charge in [0.2, 0.25) is 53.2 Å². The van der Waals surface area contributed by atoms with Crippen LogP contribution in [0.2, 0.25) is 0 Å². The van der Waals surface area contributed by atoms with Crippen LogP contribution >= 0.6 is 11.8 Å². The van der Waals surface area contributed by atoms with Crippen LogP contribution in [0.4, 0.5) is 0 Å². The molecule has 28 nitrogen and oxygen atoms in total. The monoisotopic (exact) mass is 1090 g/mol. The van der Waals surface area contributed by atoms with Crippen molar-refractivity contribution in [1.29, 1.82) is 0 Å². The van der Waals surface area contributed by atoms with E-state index >= 15 is 0 Å². The maximum Gasteiger partial charge on any atom is 0.335 e. The van der Waals surface area contributed by atoms with Crippen LogP contribution in [0.5, 0.6) is 0 Å². The number of primary amides is 2. The second-order valence-corrected chi connectivity index (χ2v) is 19.0. The SMILES string of the molecule is C[C@@H]1NC(=O)[C@H](Cc2ccccc2)NC(=O)[C@@H]2CCCCNC(=O)CC[C@H](NC(=O)[C@H](CC(N)=O)NC(=O)[C@H](CC(=O)O)NC(=O)[C@@H](Cc3ccc(C(=O)O)cc3)NC(=O)C=NC1=O)C(=O)N[C@H](C(N)=O)CSC[C@@H](O)N2. The van der Waals surface area contributed by atoms with E-state index in [0.29, 0.717) is 11.8 Å². The van der Waals surface area contributed by atoms with Gasteiger partial charge in [-0.05, 0) is 55.9 Å². The molecule has 11 amide bonds. The van der Waals surface area contributed by atoms with Gasteiger partial charge in [-0.1, -0.05) is 42.5 Å². The summed E-state index contributed by atoms with van der Waals surface area (Å²) in [5, 5.41) is 52.2. The van der Waals surface area contributed by atoms with E-state index in [2.05, 4.69) is 52.8 Å². The van der Waals surface area contributed by atoms with Gasteiger partial charge in [0.25, 0.3) is 11.8 Å². The largest absolute Gasteiger partial charge is 0.481 e. The molecule has 0 radical (unpaired) electrons. The number of carbonyl (C=O) groups excluding carboxylic acids is 11. The van der Waals surface area contributed by atoms with E-state index in [0.717, 1.165) is 11.8 Å². The van der Waals surface area contributed by atoms with E-state index in [4.69, 9.17) is 11.5 Å². The Morgan fingerprint density at radius 2 is 1.21 bits per heavy atom. The van der Waals surface area contributed by atoms with Crippen molar-refractivity contribution in [3.63, 3.8) is 0 Å². The number of aliphatic hydroxyl groups excluding tert-OH is 1. The smallest absolute Gasteiger partial charge is 0.335 e. The zero-order chi connectivity index (χ0) is 56.8. The number of aromatic carboxylic acids is 1. The predicted molar refractivity (Wildman–Crippen MR) is 272 cm³/mol. The van der Waals surface area contributed by atoms with Crippen molar-refractivity contribution in [2.75, 3.05) is 18.1 Å². The minimum atomic E-state index is -2.08. The lowest BCUT2D eigenvalue weighted by Gasteiger charge is -2.27. The normalized spacial score (nSPS) is 25.7. The first-order valence-electron chi connectivity index (χ1n) is 24.1. The summed E-state index contributed by atoms with van der Waals surface area (Å²) >= 11 is 0.910. The number of benzene rings is 2. The average molecular weight is 1100 g/mol. The molecule has 0 spiro atoms. The summed E-state index contributed by atoms with van der Waals surface area (Å²) in [6.45, 7) is 1.27. The summed E-state index contributed by atoms with van der Waals surface area (Å²) in [4.78, 5) is 176. The number of hydrogen-bond acceptors (Lipinski definition) is 16. The summed E-state index contributed by atoms with van der Waals surface area (Å²) in [6.07, 6.45) is -4.00. The highest BCUT2D eigenvalue weighted by molar-refractivity contribution is 7.99. The average Bonchev–Trinajstić information content (AvgIpc) is 3.36. The summed E-state index contributed by atoms with van der Waals surface area (Å²) in [5.74, 6) is -15.2. The van der Waals surface area contributed by atoms with Crippen molar-refractivity contribution in [2.45, 2.75) is 119 Å². The van der Waals surface area contributed by atoms with E-state index in [-0.39, 0.29) is 54.9 Å². The molecule has 416 valence electrons. The number of amides is 11. The van der Waals surface area contributed by atoms with Gasteiger partial charge in [0.1, 0.15) is 48.5 Å². The first kappa shape index (κ1) is 61.2. The Hall–Kier alpha value is -8.31. The quantitative estimate of drug-likeness (QED) is 0.0992. The molecule has 1 fully saturated rings. The van der Waals surface area contributed by atoms with Crippen LogP contribution in [0, 0.1) is 0 Å². The zero-order valence-electron chi connectivity index (χ0n) is 41.6. The Labute approximate surface area is 444 Å². The van der Waals surface area contributed by atoms with Crippen molar-refractivity contribution >= 4 is 94.9 Å². The van der Waals surface area contributed by atoms with Gasteiger partial charge >= 0.3 is 11.9 Å². The molecule has 29 heteroatoms. The van der Waals surface area contributed by atoms with Gasteiger partial charge in [-0.15, -0.1) is 0 Å². The summed E-state index contributed by atoms with van der Waals surface area (Å²) in [7, 11) is 0. The maximum absolute atomic E-state index is 14.1. The van der Waals surface area contributed by atoms with Gasteiger partial charge in [-0.25, -0.2) is 9.79 Å². The van der Waals surface area contributed by atoms with Gasteiger partial charge in [0.15, 0.2) is 0 Å². The number of carboxylic acid groups (broad SMARTS) is 2. The topological polar surface area (TPSA) is 455 Å². The molecule has 0 aliphatic carbocycles. The number of fused-ring (bicyclic) bond motifs is 32. The molecule has 77 heavy (non-hydrogen) atoms. The Balaban J connectivity index is 1.80. The number of nitrogens with two attached hydrogens (primary N) is 2. The van der Waals surface area contributed by atoms with Crippen molar-refractivity contribution in [2.24, 2.45) is 16.5 Å². The van der Waals surface area contributed by atoms with Gasteiger partial charge in [-0.2, -0.15) is 11.8 Å². The second-order valence-electron chi connectivity index (χ2n) is 17.9. The molecule has 0 unspecified atom stereocenters. The molecule has 2 aromatic rings. The van der Waals surface area contributed by atoms with Gasteiger partial charge in [0, 0.05) is 37.3 Å². The molecule has 1 saturated heterocycles. The first-order chi connectivity index (χ1) is 36.5. The van der Waals surface area contributed by atoms with Crippen molar-refractivity contribution in [1.82, 2.24) is 47.9 Å². The fourth-order valence-electron chi connectivity index (χ4n) is 7.66. The number of aliphatic hydroxyl groups is 1. The standard InChI is InChI=1S/C48H62N12O16S/c1-24-41(68)52-21-37(63)55-30(18-26-10-12-27(13-11-26)48(75)76)45(72)59-33(20-39(65)66)47(74)58-32(19-35(49)61)46(73)56-29-14-15-36(62)51-16-6-5-9-28(54-38(64)23-77-22-34(40(50)67)60-43(29)70)42(69)57-31(44(71)53-24)17-25-7-3-2-4-8-25/h2-4,7-8,10-13,21,24,28-34,38,54,64H,5-6,9,14-20,22-23H2,1H3,(H2,49,61)(H2,50,67)(H,51,62)(H,53,71)(H,55,63)(H,56,73)(H,57,69)(H,58,74)(H,59,72)(H,60,70)(H,65,66)(H,75,76)/t24-,28-,29-,30+,31-,32-,33-,34-,38+/m0/s1. The molecule has 3 aliphatic heterocycles. The lowest BCUT2D eigenvalue weighted by Crippen LogP contribution is -2.60. The van der Waals surface area contributed by atoms with E-state index in [1.54, 1.807) is 30.3 Å². The van der Waals surface area contributed by atoms with Crippen LogP contribution < -0.4 is 59.3 Å². The zero-order valence-corrected chi connectivity index (χ0v) is 42.4. The number of aliphatic carboxylic acids is 1. The third-order valence-electron chi connectivity index (χ3n) is 11.7. The van der Waals surface area contributed by atoms with Crippen LogP contribution in [-0.2, 0) is 70.4 Å². The van der Waals surface area contributed by atoms with Crippen LogP contribution in [0.1, 0.15) is 73.4 Å². The molecule has 3 aliphatic rings. The lowest BCUT2D eigenvalue weighted by molar-refractivity contribution is -0.142. The molecule has 0 saturated carbocycles. The van der Waals surface area contributed by atoms with Gasteiger partial charge < -0.3 is 69.3 Å². The maximum atomic E-state index is 14.1. The minimum absolute atomic E-state index is 0.0368. The van der Waals surface area contributed by atoms with Gasteiger partial charge in [0.05, 0.1) is 30.7 Å². The van der Waals surface area contributed by atoms with Crippen LogP contribution in [-0.4, -0.2) is 171 Å². The number of thioether (sulfide) groups is 1. The molecular formula is C48H62N12O16S. The molecule has 2 bridgehead atoms. The Morgan fingerprint density at radius 1 is 0.636 bits per heavy atom. The number of nitrogens with zero attached hydrogens (tertiary/aromatic N) is 1. The molecule has 0 aromatic heterocycles. The molecule has 16 N–H and O–H groups in total. The van der Waals surface area contributed by atoms with Gasteiger partial charge in [-0.3, -0.25) is 62.9 Å². The summed E-state index contributed by atoms with van der Waals surface area (Å²) in [5.41, 5.74) is 11.7. The van der Waals surface area contributed by atoms with E-state index < -0.39 is 164 Å². The lowest BCUT2D eigenvalue weighted by atomic mass is 10.0. The molecule has 5 rings (SSSR count). The Bertz CT molecular complexity index is 2550. The van der Waals surface area contributed by atoms with E-state index in [1.165, 1.54) is 31.2 Å². The number of nitrogens with one attached hydrogen (secondary N) is 9. The van der Waals surface area contributed by atoms with E-state index in [1.807, 2.05) is 0 Å². The summed E-state index contributed by atoms with van der Waals surface area (Å²) < 4.78 is 0. The number of carboxylic acids is 2. The predicted octanol–water partition coefficient (Wildman–Crippen LogP) is -4.88. The fraction of sp³-hybridized carbons (Fsp3) is 0.458. The third-order valence-corrected chi connectivity index (χ3v) is 12.9. The highest BCUT2D eigenvalue weighted by Gasteiger charge is 2.35. The molecule has 9 atom stereocenters. The number of rotatable bonds is 10. The first-order valence-corrected chi connectivity index (χ1v) is 25.3. The van der Waals surface area contributed by atoms with Crippen molar-refractivity contribution in [3.05, 3.63) is 71.3 Å². The summed E-state index contributed by atoms with van der Waals surface area (Å²) in [6, 6.07) is 0.453. The van der Waals surface area contributed by atoms with Crippen molar-refractivity contribution in [3.8, 4) is 0 Å². The number of aliphatic imine (C=N–C) groups is 1. The number of hydrogen-bond donors (Lipinski definition) is 14. The van der Waals surface area contributed by atoms with Crippen molar-refractivity contribution < 1.29 is 77.6 Å². The fourth-order valence-corrected chi connectivity index (χ4v) is 8.60. The third kappa shape index (κ3) is 21.1. The number of carbonyl (C=O) groups is 13. The molecule has 3 heterocycles. The minimum Gasteiger partial charge on any atom is -0.481 e. The highest BCUT2D eigenvalue weighted by atomic mass is 32.2. The van der Waals surface area contributed by atoms with Crippen LogP contribution in [0.3, 0.4) is 0 Å². The molecule has 2 aromatic carbocycles. The highest BCUT2D eigenvalue weighted by Crippen LogP contribution is 2.13. The Morgan fingerprint density at radius 3 is 1.83 bits per heavy atom. The van der Waals surface area contributed by atoms with Crippen LogP contribution in [0.25, 0.3) is 0 Å².